The van der Waals surface area contributed by atoms with Crippen LogP contribution in [0.1, 0.15) is 48.3 Å². The van der Waals surface area contributed by atoms with Crippen LogP contribution in [0.3, 0.4) is 0 Å². The summed E-state index contributed by atoms with van der Waals surface area (Å²) >= 11 is 0. The van der Waals surface area contributed by atoms with E-state index < -0.39 is 57.8 Å². The molecule has 0 nitrogen and oxygen atoms in total. The van der Waals surface area contributed by atoms with Gasteiger partial charge in [0.15, 0.2) is 40.7 Å². The second kappa shape index (κ2) is 8.93. The Morgan fingerprint density at radius 1 is 0.727 bits per heavy atom. The molecule has 0 aliphatic heterocycles. The van der Waals surface area contributed by atoms with E-state index in [0.717, 1.165) is 12.1 Å². The average Bonchev–Trinajstić information content (AvgIpc) is 2.82. The molecule has 33 heavy (non-hydrogen) atoms. The fourth-order valence-corrected chi connectivity index (χ4v) is 4.28. The van der Waals surface area contributed by atoms with Gasteiger partial charge in [0.05, 0.1) is 0 Å². The van der Waals surface area contributed by atoms with Gasteiger partial charge >= 0.3 is 0 Å². The van der Waals surface area contributed by atoms with Crippen molar-refractivity contribution in [1.82, 2.24) is 0 Å². The summed E-state index contributed by atoms with van der Waals surface area (Å²) in [7, 11) is 0. The van der Waals surface area contributed by atoms with E-state index in [1.807, 2.05) is 0 Å². The first-order chi connectivity index (χ1) is 15.7. The molecule has 1 fully saturated rings. The topological polar surface area (TPSA) is 0 Å². The van der Waals surface area contributed by atoms with Crippen LogP contribution in [0.15, 0.2) is 36.9 Å². The van der Waals surface area contributed by atoms with Crippen molar-refractivity contribution < 1.29 is 30.7 Å². The maximum absolute atomic E-state index is 14.7. The minimum Gasteiger partial charge on any atom is -0.204 e. The first-order valence-corrected chi connectivity index (χ1v) is 10.3. The van der Waals surface area contributed by atoms with E-state index >= 15 is 0 Å². The molecule has 0 N–H and O–H groups in total. The lowest BCUT2D eigenvalue weighted by molar-refractivity contribution is 0.346. The summed E-state index contributed by atoms with van der Waals surface area (Å²) < 4.78 is 99.5. The summed E-state index contributed by atoms with van der Waals surface area (Å²) in [6, 6.07) is 4.25. The van der Waals surface area contributed by atoms with E-state index in [-0.39, 0.29) is 22.3 Å². The monoisotopic (exact) mass is 462 g/mol. The Morgan fingerprint density at radius 3 is 1.97 bits per heavy atom. The molecule has 170 valence electrons. The molecule has 0 heterocycles. The van der Waals surface area contributed by atoms with E-state index in [4.69, 9.17) is 0 Å². The molecule has 1 aliphatic carbocycles. The van der Waals surface area contributed by atoms with Crippen molar-refractivity contribution in [2.45, 2.75) is 31.6 Å². The zero-order valence-corrected chi connectivity index (χ0v) is 17.2. The predicted octanol–water partition coefficient (Wildman–Crippen LogP) is 7.67. The number of benzene rings is 3. The van der Waals surface area contributed by atoms with Gasteiger partial charge in [0, 0.05) is 16.5 Å². The highest BCUT2D eigenvalue weighted by atomic mass is 19.2. The summed E-state index contributed by atoms with van der Waals surface area (Å²) in [6.07, 6.45) is 3.74. The van der Waals surface area contributed by atoms with Crippen molar-refractivity contribution in [2.75, 3.05) is 0 Å². The number of hydrogen-bond acceptors (Lipinski definition) is 0. The molecule has 1 aliphatic rings. The highest BCUT2D eigenvalue weighted by molar-refractivity contribution is 5.84. The van der Waals surface area contributed by atoms with Crippen molar-refractivity contribution in [3.8, 4) is 11.8 Å². The lowest BCUT2D eigenvalue weighted by Crippen LogP contribution is -2.17. The highest BCUT2D eigenvalue weighted by Crippen LogP contribution is 2.40. The number of halogens is 7. The summed E-state index contributed by atoms with van der Waals surface area (Å²) in [4.78, 5) is 0. The zero-order valence-electron chi connectivity index (χ0n) is 17.2. The Morgan fingerprint density at radius 2 is 1.36 bits per heavy atom. The summed E-state index contributed by atoms with van der Waals surface area (Å²) in [5.74, 6) is -6.60. The van der Waals surface area contributed by atoms with Crippen LogP contribution in [0, 0.1) is 58.5 Å². The van der Waals surface area contributed by atoms with E-state index in [1.165, 1.54) is 12.1 Å². The molecule has 4 rings (SSSR count). The van der Waals surface area contributed by atoms with Gasteiger partial charge in [-0.15, -0.1) is 6.58 Å². The normalized spacial score (nSPS) is 18.2. The van der Waals surface area contributed by atoms with Crippen molar-refractivity contribution >= 4 is 10.8 Å². The number of hydrogen-bond donors (Lipinski definition) is 0. The van der Waals surface area contributed by atoms with Crippen molar-refractivity contribution in [1.29, 1.82) is 0 Å². The third-order valence-electron chi connectivity index (χ3n) is 6.12. The van der Waals surface area contributed by atoms with Gasteiger partial charge in [-0.1, -0.05) is 24.0 Å². The Labute approximate surface area is 185 Å². The Kier molecular flexibility index (Phi) is 6.20. The molecular formula is C26H17F7. The van der Waals surface area contributed by atoms with E-state index in [1.54, 1.807) is 6.08 Å². The molecule has 0 aromatic heterocycles. The fourth-order valence-electron chi connectivity index (χ4n) is 4.28. The van der Waals surface area contributed by atoms with Crippen molar-refractivity contribution in [2.24, 2.45) is 5.92 Å². The van der Waals surface area contributed by atoms with Gasteiger partial charge in [0.25, 0.3) is 0 Å². The highest BCUT2D eigenvalue weighted by Gasteiger charge is 2.31. The predicted molar refractivity (Wildman–Crippen MR) is 111 cm³/mol. The summed E-state index contributed by atoms with van der Waals surface area (Å²) in [5.41, 5.74) is -1.64. The quantitative estimate of drug-likeness (QED) is 0.121. The van der Waals surface area contributed by atoms with Gasteiger partial charge in [-0.3, -0.25) is 0 Å². The van der Waals surface area contributed by atoms with Crippen LogP contribution in [0.5, 0.6) is 0 Å². The zero-order chi connectivity index (χ0) is 23.9. The molecule has 0 amide bonds. The molecule has 0 bridgehead atoms. The molecule has 0 spiro atoms. The first-order valence-electron chi connectivity index (χ1n) is 10.3. The van der Waals surface area contributed by atoms with Crippen LogP contribution in [-0.4, -0.2) is 0 Å². The largest absolute Gasteiger partial charge is 0.204 e. The summed E-state index contributed by atoms with van der Waals surface area (Å²) in [5, 5.41) is -0.258. The Bertz CT molecular complexity index is 1290. The van der Waals surface area contributed by atoms with E-state index in [9.17, 15) is 30.7 Å². The molecule has 1 saturated carbocycles. The van der Waals surface area contributed by atoms with Crippen molar-refractivity contribution in [3.05, 3.63) is 94.3 Å². The third kappa shape index (κ3) is 4.10. The minimum absolute atomic E-state index is 0.0398. The number of fused-ring (bicyclic) bond motifs is 1. The van der Waals surface area contributed by atoms with E-state index in [0.29, 0.717) is 25.7 Å². The van der Waals surface area contributed by atoms with E-state index in [2.05, 4.69) is 18.4 Å². The third-order valence-corrected chi connectivity index (χ3v) is 6.12. The van der Waals surface area contributed by atoms with Crippen LogP contribution >= 0.6 is 0 Å². The van der Waals surface area contributed by atoms with Gasteiger partial charge in [-0.25, -0.2) is 30.7 Å². The van der Waals surface area contributed by atoms with Gasteiger partial charge in [-0.2, -0.15) is 0 Å². The molecule has 3 aromatic carbocycles. The second-order valence-electron chi connectivity index (χ2n) is 8.06. The SMILES string of the molecule is C=CC1CCC(c2c(F)c(F)c(C#Cc3ccc4c(F)c(F)c(F)cc4c3)c(F)c2F)CC1. The smallest absolute Gasteiger partial charge is 0.195 e. The number of rotatable bonds is 2. The molecular weight excluding hydrogens is 445 g/mol. The van der Waals surface area contributed by atoms with Crippen LogP contribution in [-0.2, 0) is 0 Å². The minimum atomic E-state index is -1.63. The fraction of sp³-hybridized carbons (Fsp3) is 0.231. The molecule has 7 heteroatoms. The lowest BCUT2D eigenvalue weighted by Gasteiger charge is -2.27. The van der Waals surface area contributed by atoms with Crippen LogP contribution in [0.4, 0.5) is 30.7 Å². The second-order valence-corrected chi connectivity index (χ2v) is 8.06. The maximum atomic E-state index is 14.7. The first kappa shape index (κ1) is 22.9. The average molecular weight is 462 g/mol. The number of allylic oxidation sites excluding steroid dienone is 1. The van der Waals surface area contributed by atoms with Crippen molar-refractivity contribution in [3.63, 3.8) is 0 Å². The maximum Gasteiger partial charge on any atom is 0.195 e. The van der Waals surface area contributed by atoms with Crippen LogP contribution in [0.2, 0.25) is 0 Å². The van der Waals surface area contributed by atoms with Gasteiger partial charge in [-0.05, 0) is 61.1 Å². The molecule has 0 radical (unpaired) electrons. The Hall–Kier alpha value is -3.27. The summed E-state index contributed by atoms with van der Waals surface area (Å²) in [6.45, 7) is 3.69. The molecule has 0 atom stereocenters. The van der Waals surface area contributed by atoms with Crippen LogP contribution < -0.4 is 0 Å². The molecule has 0 saturated heterocycles. The lowest BCUT2D eigenvalue weighted by atomic mass is 9.78. The molecule has 3 aromatic rings. The van der Waals surface area contributed by atoms with Gasteiger partial charge in [0.1, 0.15) is 5.56 Å². The standard InChI is InChI=1S/C26H17F7/c1-2-13-3-7-15(8-4-13)20-25(32)22(29)18(23(30)26(20)33)10-6-14-5-9-17-16(11-14)12-19(27)24(31)21(17)28/h2,5,9,11-13,15H,1,3-4,7-8H2. The van der Waals surface area contributed by atoms with Gasteiger partial charge in [0.2, 0.25) is 0 Å². The molecule has 0 unspecified atom stereocenters. The Balaban J connectivity index is 1.72. The van der Waals surface area contributed by atoms with Gasteiger partial charge < -0.3 is 0 Å². The van der Waals surface area contributed by atoms with Crippen LogP contribution in [0.25, 0.3) is 10.8 Å².